The number of nitrogens with two attached hydrogens (primary N) is 1. The standard InChI is InChI=1S/C18H16F3NO4.ClH/c1-10(23)13-5-6-14(16(17(13)25)18(19,20)21)26-9-12-4-2-3-11(7-12)8-15(22)24;/h2-7,25H,8-9H2,1H3,(H2,22,24);1H. The average Bonchev–Trinajstić information content (AvgIpc) is 2.51. The molecule has 0 aliphatic heterocycles. The summed E-state index contributed by atoms with van der Waals surface area (Å²) in [6.45, 7) is 0.828. The molecule has 2 aromatic carbocycles. The fourth-order valence-corrected chi connectivity index (χ4v) is 2.44. The van der Waals surface area contributed by atoms with E-state index in [4.69, 9.17) is 10.5 Å². The molecule has 0 radical (unpaired) electrons. The zero-order chi connectivity index (χ0) is 19.5. The molecule has 0 aromatic heterocycles. The van der Waals surface area contributed by atoms with Crippen LogP contribution in [0, 0.1) is 0 Å². The second-order valence-corrected chi connectivity index (χ2v) is 5.64. The Morgan fingerprint density at radius 1 is 1.15 bits per heavy atom. The van der Waals surface area contributed by atoms with E-state index in [1.165, 1.54) is 0 Å². The third kappa shape index (κ3) is 5.62. The minimum absolute atomic E-state index is 0. The van der Waals surface area contributed by atoms with Crippen LogP contribution in [0.15, 0.2) is 36.4 Å². The molecule has 0 fully saturated rings. The molecular formula is C18H17ClF3NO4. The van der Waals surface area contributed by atoms with Gasteiger partial charge in [0.05, 0.1) is 12.0 Å². The first-order valence-electron chi connectivity index (χ1n) is 7.52. The average molecular weight is 404 g/mol. The van der Waals surface area contributed by atoms with Crippen molar-refractivity contribution in [3.05, 3.63) is 58.7 Å². The van der Waals surface area contributed by atoms with E-state index in [1.807, 2.05) is 0 Å². The van der Waals surface area contributed by atoms with Crippen molar-refractivity contribution in [3.8, 4) is 11.5 Å². The Balaban J connectivity index is 0.00000364. The largest absolute Gasteiger partial charge is 0.506 e. The summed E-state index contributed by atoms with van der Waals surface area (Å²) in [6, 6.07) is 8.54. The third-order valence-electron chi connectivity index (χ3n) is 3.57. The molecule has 3 N–H and O–H groups in total. The molecule has 27 heavy (non-hydrogen) atoms. The summed E-state index contributed by atoms with van der Waals surface area (Å²) in [7, 11) is 0. The van der Waals surface area contributed by atoms with E-state index in [9.17, 15) is 27.9 Å². The van der Waals surface area contributed by atoms with Crippen LogP contribution in [-0.2, 0) is 24.0 Å². The van der Waals surface area contributed by atoms with E-state index < -0.39 is 40.5 Å². The van der Waals surface area contributed by atoms with E-state index >= 15 is 0 Å². The number of primary amides is 1. The molecule has 2 aromatic rings. The van der Waals surface area contributed by atoms with Crippen LogP contribution in [0.1, 0.15) is 34.0 Å². The summed E-state index contributed by atoms with van der Waals surface area (Å²) >= 11 is 0. The number of ether oxygens (including phenoxy) is 1. The van der Waals surface area contributed by atoms with Gasteiger partial charge < -0.3 is 15.6 Å². The number of hydrogen-bond donors (Lipinski definition) is 2. The number of phenols is 1. The number of carbonyl (C=O) groups excluding carboxylic acids is 2. The molecule has 0 heterocycles. The van der Waals surface area contributed by atoms with Crippen molar-refractivity contribution in [1.82, 2.24) is 0 Å². The summed E-state index contributed by atoms with van der Waals surface area (Å²) in [4.78, 5) is 22.3. The van der Waals surface area contributed by atoms with Gasteiger partial charge in [-0.1, -0.05) is 24.3 Å². The number of halogens is 4. The van der Waals surface area contributed by atoms with Crippen LogP contribution in [-0.4, -0.2) is 16.8 Å². The highest BCUT2D eigenvalue weighted by Gasteiger charge is 2.39. The van der Waals surface area contributed by atoms with Crippen molar-refractivity contribution in [2.75, 3.05) is 0 Å². The number of phenolic OH excluding ortho intramolecular Hbond substituents is 1. The molecule has 0 atom stereocenters. The van der Waals surface area contributed by atoms with Gasteiger partial charge in [0.15, 0.2) is 5.78 Å². The molecule has 9 heteroatoms. The SMILES string of the molecule is CC(=O)c1ccc(OCc2cccc(CC(N)=O)c2)c(C(F)(F)F)c1O.Cl. The number of amides is 1. The predicted octanol–water partition coefficient (Wildman–Crippen LogP) is 3.64. The van der Waals surface area contributed by atoms with E-state index in [1.54, 1.807) is 24.3 Å². The van der Waals surface area contributed by atoms with Crippen LogP contribution in [0.5, 0.6) is 11.5 Å². The fraction of sp³-hybridized carbons (Fsp3) is 0.222. The van der Waals surface area contributed by atoms with Gasteiger partial charge in [-0.3, -0.25) is 9.59 Å². The molecular weight excluding hydrogens is 387 g/mol. The normalized spacial score (nSPS) is 10.8. The van der Waals surface area contributed by atoms with Crippen LogP contribution < -0.4 is 10.5 Å². The number of carbonyl (C=O) groups is 2. The molecule has 0 saturated heterocycles. The van der Waals surface area contributed by atoms with Crippen LogP contribution >= 0.6 is 12.4 Å². The second kappa shape index (κ2) is 8.77. The summed E-state index contributed by atoms with van der Waals surface area (Å²) in [5.74, 6) is -2.99. The Kier molecular flexibility index (Phi) is 7.24. The van der Waals surface area contributed by atoms with Gasteiger partial charge in [-0.2, -0.15) is 13.2 Å². The summed E-state index contributed by atoms with van der Waals surface area (Å²) in [5.41, 5.74) is 4.39. The maximum absolute atomic E-state index is 13.3. The molecule has 0 aliphatic carbocycles. The van der Waals surface area contributed by atoms with Crippen LogP contribution in [0.3, 0.4) is 0 Å². The van der Waals surface area contributed by atoms with Gasteiger partial charge in [0.1, 0.15) is 23.7 Å². The molecule has 0 spiro atoms. The first-order chi connectivity index (χ1) is 12.1. The number of rotatable bonds is 6. The van der Waals surface area contributed by atoms with Gasteiger partial charge in [-0.15, -0.1) is 12.4 Å². The van der Waals surface area contributed by atoms with Gasteiger partial charge >= 0.3 is 6.18 Å². The van der Waals surface area contributed by atoms with E-state index in [-0.39, 0.29) is 25.4 Å². The minimum atomic E-state index is -4.90. The maximum atomic E-state index is 13.3. The van der Waals surface area contributed by atoms with Crippen molar-refractivity contribution in [3.63, 3.8) is 0 Å². The molecule has 0 aliphatic rings. The Hall–Kier alpha value is -2.74. The summed E-state index contributed by atoms with van der Waals surface area (Å²) < 4.78 is 45.1. The number of ketones is 1. The number of aromatic hydroxyl groups is 1. The van der Waals surface area contributed by atoms with E-state index in [0.717, 1.165) is 19.1 Å². The molecule has 0 saturated carbocycles. The number of hydrogen-bond acceptors (Lipinski definition) is 4. The zero-order valence-corrected chi connectivity index (χ0v) is 15.0. The fourth-order valence-electron chi connectivity index (χ4n) is 2.44. The maximum Gasteiger partial charge on any atom is 0.423 e. The van der Waals surface area contributed by atoms with Crippen molar-refractivity contribution in [2.45, 2.75) is 26.1 Å². The lowest BCUT2D eigenvalue weighted by Gasteiger charge is -2.17. The van der Waals surface area contributed by atoms with Crippen molar-refractivity contribution < 1.29 is 32.6 Å². The first-order valence-corrected chi connectivity index (χ1v) is 7.52. The van der Waals surface area contributed by atoms with Crippen molar-refractivity contribution >= 4 is 24.1 Å². The molecule has 0 unspecified atom stereocenters. The number of Topliss-reactive ketones (excluding diaryl/α,β-unsaturated/α-hetero) is 1. The third-order valence-corrected chi connectivity index (χ3v) is 3.57. The zero-order valence-electron chi connectivity index (χ0n) is 14.2. The lowest BCUT2D eigenvalue weighted by molar-refractivity contribution is -0.140. The van der Waals surface area contributed by atoms with E-state index in [2.05, 4.69) is 0 Å². The number of alkyl halides is 3. The second-order valence-electron chi connectivity index (χ2n) is 5.64. The lowest BCUT2D eigenvalue weighted by Crippen LogP contribution is -2.14. The smallest absolute Gasteiger partial charge is 0.423 e. The predicted molar refractivity (Wildman–Crippen MR) is 94.0 cm³/mol. The van der Waals surface area contributed by atoms with Gasteiger partial charge in [0.25, 0.3) is 0 Å². The Labute approximate surface area is 159 Å². The molecule has 0 bridgehead atoms. The van der Waals surface area contributed by atoms with Crippen molar-refractivity contribution in [1.29, 1.82) is 0 Å². The topological polar surface area (TPSA) is 89.6 Å². The summed E-state index contributed by atoms with van der Waals surface area (Å²) in [5, 5.41) is 9.84. The van der Waals surface area contributed by atoms with Gasteiger partial charge in [0, 0.05) is 0 Å². The highest BCUT2D eigenvalue weighted by molar-refractivity contribution is 5.97. The van der Waals surface area contributed by atoms with Crippen LogP contribution in [0.2, 0.25) is 0 Å². The van der Waals surface area contributed by atoms with Crippen molar-refractivity contribution in [2.24, 2.45) is 5.73 Å². The summed E-state index contributed by atoms with van der Waals surface area (Å²) in [6.07, 6.45) is -4.91. The highest BCUT2D eigenvalue weighted by atomic mass is 35.5. The quantitative estimate of drug-likeness (QED) is 0.720. The Morgan fingerprint density at radius 3 is 2.33 bits per heavy atom. The number of benzene rings is 2. The van der Waals surface area contributed by atoms with E-state index in [0.29, 0.717) is 11.1 Å². The van der Waals surface area contributed by atoms with Crippen LogP contribution in [0.4, 0.5) is 13.2 Å². The molecule has 5 nitrogen and oxygen atoms in total. The molecule has 2 rings (SSSR count). The Morgan fingerprint density at radius 2 is 1.78 bits per heavy atom. The van der Waals surface area contributed by atoms with Gasteiger partial charge in [0.2, 0.25) is 5.91 Å². The Bertz CT molecular complexity index is 853. The molecule has 146 valence electrons. The highest BCUT2D eigenvalue weighted by Crippen LogP contribution is 2.44. The van der Waals surface area contributed by atoms with Gasteiger partial charge in [-0.25, -0.2) is 0 Å². The monoisotopic (exact) mass is 403 g/mol. The molecule has 1 amide bonds. The minimum Gasteiger partial charge on any atom is -0.506 e. The first kappa shape index (κ1) is 22.3. The van der Waals surface area contributed by atoms with Gasteiger partial charge in [-0.05, 0) is 30.2 Å². The lowest BCUT2D eigenvalue weighted by atomic mass is 10.0. The van der Waals surface area contributed by atoms with Crippen LogP contribution in [0.25, 0.3) is 0 Å².